The van der Waals surface area contributed by atoms with Gasteiger partial charge >= 0.3 is 0 Å². The summed E-state index contributed by atoms with van der Waals surface area (Å²) in [5.74, 6) is 0. The molecule has 74 valence electrons. The van der Waals surface area contributed by atoms with Crippen LogP contribution in [-0.4, -0.2) is 27.3 Å². The number of hydrogen-bond acceptors (Lipinski definition) is 1. The lowest BCUT2D eigenvalue weighted by atomic mass is 10.3. The van der Waals surface area contributed by atoms with Crippen molar-refractivity contribution in [2.45, 2.75) is 52.5 Å². The minimum Gasteiger partial charge on any atom is -0.329 e. The van der Waals surface area contributed by atoms with E-state index in [-0.39, 0.29) is 9.68 Å². The second-order valence-corrected chi connectivity index (χ2v) is 6.41. The Bertz CT molecular complexity index is 95.8. The van der Waals surface area contributed by atoms with Gasteiger partial charge in [-0.2, -0.15) is 0 Å². The summed E-state index contributed by atoms with van der Waals surface area (Å²) in [6.07, 6.45) is 4.09. The van der Waals surface area contributed by atoms with Gasteiger partial charge in [0.2, 0.25) is 0 Å². The third-order valence-electron chi connectivity index (χ3n) is 2.54. The van der Waals surface area contributed by atoms with E-state index in [4.69, 9.17) is 0 Å². The molecule has 0 aromatic carbocycles. The van der Waals surface area contributed by atoms with Crippen molar-refractivity contribution in [2.75, 3.05) is 13.1 Å². The normalized spacial score (nSPS) is 14.8. The molecule has 12 heavy (non-hydrogen) atoms. The Hall–Kier alpha value is 0.177. The molecule has 0 heterocycles. The Morgan fingerprint density at radius 1 is 1.25 bits per heavy atom. The summed E-state index contributed by atoms with van der Waals surface area (Å²) in [5.41, 5.74) is 1.00. The van der Waals surface area contributed by atoms with Gasteiger partial charge in [0, 0.05) is 0 Å². The maximum atomic E-state index is 2.71. The molecule has 0 N–H and O–H groups in total. The maximum Gasteiger partial charge on any atom is 0.0978 e. The Labute approximate surface area is 80.4 Å². The molecule has 0 saturated carbocycles. The number of unbranched alkanes of at least 4 members (excludes halogenated alkanes) is 1. The zero-order valence-corrected chi connectivity index (χ0v) is 10.7. The predicted molar refractivity (Wildman–Crippen MR) is 60.4 cm³/mol. The SMILES string of the molecule is CCCCN(CC)[SiH2]C(C)CC. The lowest BCUT2D eigenvalue weighted by Gasteiger charge is -2.22. The minimum absolute atomic E-state index is 0.0627. The molecule has 1 atom stereocenters. The average Bonchev–Trinajstić information content (AvgIpc) is 2.11. The summed E-state index contributed by atoms with van der Waals surface area (Å²) in [6, 6.07) is 0. The van der Waals surface area contributed by atoms with Crippen molar-refractivity contribution in [3.63, 3.8) is 0 Å². The van der Waals surface area contributed by atoms with Gasteiger partial charge in [-0.3, -0.25) is 0 Å². The lowest BCUT2D eigenvalue weighted by Crippen LogP contribution is -2.30. The first-order valence-corrected chi connectivity index (χ1v) is 6.91. The monoisotopic (exact) mass is 187 g/mol. The van der Waals surface area contributed by atoms with Crippen LogP contribution in [-0.2, 0) is 0 Å². The van der Waals surface area contributed by atoms with Gasteiger partial charge in [0.05, 0.1) is 9.68 Å². The van der Waals surface area contributed by atoms with Crippen molar-refractivity contribution >= 4 is 9.68 Å². The molecule has 0 radical (unpaired) electrons. The molecular weight excluding hydrogens is 162 g/mol. The molecule has 0 amide bonds. The Morgan fingerprint density at radius 2 is 1.92 bits per heavy atom. The highest BCUT2D eigenvalue weighted by atomic mass is 28.2. The summed E-state index contributed by atoms with van der Waals surface area (Å²) >= 11 is 0. The molecule has 0 saturated heterocycles. The molecule has 2 heteroatoms. The largest absolute Gasteiger partial charge is 0.329 e. The highest BCUT2D eigenvalue weighted by Crippen LogP contribution is 2.08. The van der Waals surface area contributed by atoms with Crippen molar-refractivity contribution in [1.29, 1.82) is 0 Å². The summed E-state index contributed by atoms with van der Waals surface area (Å²) in [6.45, 7) is 11.9. The second kappa shape index (κ2) is 7.81. The van der Waals surface area contributed by atoms with E-state index >= 15 is 0 Å². The standard InChI is InChI=1S/C10H25NSi/c1-5-8-9-11(7-3)12-10(4)6-2/h10H,5-9,12H2,1-4H3. The molecule has 0 fully saturated rings. The lowest BCUT2D eigenvalue weighted by molar-refractivity contribution is 0.444. The Balaban J connectivity index is 3.51. The molecule has 0 rings (SSSR count). The third kappa shape index (κ3) is 5.78. The van der Waals surface area contributed by atoms with Crippen molar-refractivity contribution in [2.24, 2.45) is 0 Å². The Morgan fingerprint density at radius 3 is 2.33 bits per heavy atom. The third-order valence-corrected chi connectivity index (χ3v) is 5.02. The maximum absolute atomic E-state index is 2.71. The highest BCUT2D eigenvalue weighted by Gasteiger charge is 2.06. The van der Waals surface area contributed by atoms with Crippen molar-refractivity contribution < 1.29 is 0 Å². The predicted octanol–water partition coefficient (Wildman–Crippen LogP) is 2.41. The van der Waals surface area contributed by atoms with Crippen molar-refractivity contribution in [3.05, 3.63) is 0 Å². The first kappa shape index (κ1) is 12.2. The van der Waals surface area contributed by atoms with Crippen LogP contribution in [0.3, 0.4) is 0 Å². The number of hydrogen-bond donors (Lipinski definition) is 0. The molecule has 0 spiro atoms. The Kier molecular flexibility index (Phi) is 7.92. The first-order valence-electron chi connectivity index (χ1n) is 5.46. The van der Waals surface area contributed by atoms with Gasteiger partial charge in [-0.25, -0.2) is 0 Å². The minimum atomic E-state index is 0.0627. The average molecular weight is 187 g/mol. The van der Waals surface area contributed by atoms with Gasteiger partial charge in [-0.1, -0.05) is 40.5 Å². The van der Waals surface area contributed by atoms with E-state index in [1.165, 1.54) is 32.4 Å². The van der Waals surface area contributed by atoms with Crippen LogP contribution in [0.2, 0.25) is 5.54 Å². The fourth-order valence-electron chi connectivity index (χ4n) is 1.33. The number of nitrogens with zero attached hydrogens (tertiary/aromatic N) is 1. The van der Waals surface area contributed by atoms with E-state index < -0.39 is 0 Å². The van der Waals surface area contributed by atoms with Crippen molar-refractivity contribution in [3.8, 4) is 0 Å². The topological polar surface area (TPSA) is 3.24 Å². The second-order valence-electron chi connectivity index (χ2n) is 3.76. The fraction of sp³-hybridized carbons (Fsp3) is 1.00. The molecule has 1 unspecified atom stereocenters. The van der Waals surface area contributed by atoms with Crippen LogP contribution in [0.5, 0.6) is 0 Å². The van der Waals surface area contributed by atoms with E-state index in [9.17, 15) is 0 Å². The first-order chi connectivity index (χ1) is 5.74. The zero-order chi connectivity index (χ0) is 9.40. The van der Waals surface area contributed by atoms with E-state index in [1.54, 1.807) is 0 Å². The van der Waals surface area contributed by atoms with Crippen LogP contribution in [0.4, 0.5) is 0 Å². The summed E-state index contributed by atoms with van der Waals surface area (Å²) in [7, 11) is 0.0627. The van der Waals surface area contributed by atoms with Gasteiger partial charge in [-0.05, 0) is 25.1 Å². The zero-order valence-electron chi connectivity index (χ0n) is 9.27. The molecule has 0 aromatic heterocycles. The van der Waals surface area contributed by atoms with Gasteiger partial charge in [0.1, 0.15) is 0 Å². The molecule has 0 aliphatic heterocycles. The fourth-order valence-corrected chi connectivity index (χ4v) is 3.13. The highest BCUT2D eigenvalue weighted by molar-refractivity contribution is 6.33. The molecule has 0 aliphatic carbocycles. The van der Waals surface area contributed by atoms with Gasteiger partial charge < -0.3 is 4.57 Å². The molecular formula is C10H25NSi. The number of rotatable bonds is 7. The van der Waals surface area contributed by atoms with Crippen LogP contribution in [0.1, 0.15) is 47.0 Å². The molecule has 1 nitrogen and oxygen atoms in total. The van der Waals surface area contributed by atoms with E-state index in [2.05, 4.69) is 32.3 Å². The van der Waals surface area contributed by atoms with Crippen molar-refractivity contribution in [1.82, 2.24) is 4.57 Å². The van der Waals surface area contributed by atoms with E-state index in [0.717, 1.165) is 5.54 Å². The molecule has 0 aliphatic rings. The van der Waals surface area contributed by atoms with Crippen LogP contribution in [0.15, 0.2) is 0 Å². The molecule has 0 aromatic rings. The van der Waals surface area contributed by atoms with Gasteiger partial charge in [-0.15, -0.1) is 0 Å². The summed E-state index contributed by atoms with van der Waals surface area (Å²) < 4.78 is 2.71. The van der Waals surface area contributed by atoms with E-state index in [1.807, 2.05) is 0 Å². The summed E-state index contributed by atoms with van der Waals surface area (Å²) in [5, 5.41) is 0. The smallest absolute Gasteiger partial charge is 0.0978 e. The van der Waals surface area contributed by atoms with Crippen LogP contribution < -0.4 is 0 Å². The molecule has 0 bridgehead atoms. The van der Waals surface area contributed by atoms with Crippen LogP contribution in [0.25, 0.3) is 0 Å². The van der Waals surface area contributed by atoms with Crippen LogP contribution in [0, 0.1) is 0 Å². The van der Waals surface area contributed by atoms with E-state index in [0.29, 0.717) is 0 Å². The summed E-state index contributed by atoms with van der Waals surface area (Å²) in [4.78, 5) is 0. The van der Waals surface area contributed by atoms with Crippen LogP contribution >= 0.6 is 0 Å². The quantitative estimate of drug-likeness (QED) is 0.553. The van der Waals surface area contributed by atoms with Gasteiger partial charge in [0.15, 0.2) is 0 Å². The van der Waals surface area contributed by atoms with Gasteiger partial charge in [0.25, 0.3) is 0 Å².